The van der Waals surface area contributed by atoms with Gasteiger partial charge >= 0.3 is 0 Å². The van der Waals surface area contributed by atoms with Gasteiger partial charge < -0.3 is 0 Å². The van der Waals surface area contributed by atoms with Crippen molar-refractivity contribution in [1.82, 2.24) is 19.5 Å². The Hall–Kier alpha value is -3.01. The van der Waals surface area contributed by atoms with Crippen molar-refractivity contribution in [1.29, 1.82) is 0 Å². The molecule has 4 rings (SSSR count). The number of rotatable bonds is 3. The van der Waals surface area contributed by atoms with Gasteiger partial charge in [0.25, 0.3) is 0 Å². The van der Waals surface area contributed by atoms with Gasteiger partial charge in [0.1, 0.15) is 17.2 Å². The predicted octanol–water partition coefficient (Wildman–Crippen LogP) is 3.41. The van der Waals surface area contributed by atoms with E-state index >= 15 is 0 Å². The Kier molecular flexibility index (Phi) is 3.12. The van der Waals surface area contributed by atoms with Gasteiger partial charge in [-0.3, -0.25) is 4.57 Å². The molecule has 0 unspecified atom stereocenters. The summed E-state index contributed by atoms with van der Waals surface area (Å²) in [4.78, 5) is 13.7. The molecule has 4 heteroatoms. The first-order valence-corrected chi connectivity index (χ1v) is 7.19. The maximum absolute atomic E-state index is 4.74. The molecule has 3 heterocycles. The Morgan fingerprint density at radius 1 is 0.773 bits per heavy atom. The van der Waals surface area contributed by atoms with Crippen molar-refractivity contribution < 1.29 is 0 Å². The van der Waals surface area contributed by atoms with Crippen LogP contribution in [-0.4, -0.2) is 19.5 Å². The van der Waals surface area contributed by atoms with Crippen molar-refractivity contribution in [2.75, 3.05) is 0 Å². The second-order valence-electron chi connectivity index (χ2n) is 5.06. The molecule has 4 aromatic rings. The predicted molar refractivity (Wildman–Crippen MR) is 85.9 cm³/mol. The van der Waals surface area contributed by atoms with E-state index in [1.165, 1.54) is 5.56 Å². The molecule has 0 spiro atoms. The van der Waals surface area contributed by atoms with E-state index in [1.807, 2.05) is 53.1 Å². The van der Waals surface area contributed by atoms with Crippen molar-refractivity contribution in [3.63, 3.8) is 0 Å². The molecule has 1 aromatic carbocycles. The van der Waals surface area contributed by atoms with Crippen LogP contribution in [0, 0.1) is 0 Å². The van der Waals surface area contributed by atoms with Gasteiger partial charge in [0, 0.05) is 18.8 Å². The molecule has 0 fully saturated rings. The number of imidazole rings is 1. The summed E-state index contributed by atoms with van der Waals surface area (Å²) in [7, 11) is 0. The third-order valence-electron chi connectivity index (χ3n) is 3.57. The molecular formula is C18H14N4. The fourth-order valence-electron chi connectivity index (χ4n) is 2.58. The zero-order valence-electron chi connectivity index (χ0n) is 11.9. The van der Waals surface area contributed by atoms with Crippen LogP contribution in [0.15, 0.2) is 73.1 Å². The number of benzene rings is 1. The lowest BCUT2D eigenvalue weighted by atomic mass is 10.1. The van der Waals surface area contributed by atoms with Gasteiger partial charge in [-0.05, 0) is 29.8 Å². The van der Waals surface area contributed by atoms with Gasteiger partial charge in [0.15, 0.2) is 5.65 Å². The fraction of sp³-hybridized carbons (Fsp3) is 0.0556. The van der Waals surface area contributed by atoms with Crippen LogP contribution >= 0.6 is 0 Å². The first kappa shape index (κ1) is 12.7. The molecule has 0 radical (unpaired) electrons. The summed E-state index contributed by atoms with van der Waals surface area (Å²) < 4.78 is 2.03. The monoisotopic (exact) mass is 286 g/mol. The SMILES string of the molecule is c1ccc(Cc2nc3cccnc3n2-c2ccccn2)cc1. The molecule has 0 bridgehead atoms. The van der Waals surface area contributed by atoms with Crippen LogP contribution in [0.5, 0.6) is 0 Å². The Bertz CT molecular complexity index is 898. The molecule has 0 atom stereocenters. The normalized spacial score (nSPS) is 10.9. The zero-order valence-corrected chi connectivity index (χ0v) is 11.9. The molecule has 0 saturated heterocycles. The molecule has 22 heavy (non-hydrogen) atoms. The fourth-order valence-corrected chi connectivity index (χ4v) is 2.58. The van der Waals surface area contributed by atoms with Crippen LogP contribution in [0.25, 0.3) is 17.0 Å². The highest BCUT2D eigenvalue weighted by Crippen LogP contribution is 2.20. The number of hydrogen-bond acceptors (Lipinski definition) is 3. The molecule has 0 N–H and O–H groups in total. The Balaban J connectivity index is 1.90. The molecule has 0 aliphatic carbocycles. The Morgan fingerprint density at radius 3 is 2.41 bits per heavy atom. The lowest BCUT2D eigenvalue weighted by Gasteiger charge is -2.07. The summed E-state index contributed by atoms with van der Waals surface area (Å²) in [5, 5.41) is 0. The molecule has 0 amide bonds. The van der Waals surface area contributed by atoms with Gasteiger partial charge in [-0.2, -0.15) is 0 Å². The van der Waals surface area contributed by atoms with Gasteiger partial charge in [-0.25, -0.2) is 15.0 Å². The lowest BCUT2D eigenvalue weighted by Crippen LogP contribution is -2.04. The summed E-state index contributed by atoms with van der Waals surface area (Å²) in [6.45, 7) is 0. The summed E-state index contributed by atoms with van der Waals surface area (Å²) in [6, 6.07) is 20.1. The molecule has 106 valence electrons. The lowest BCUT2D eigenvalue weighted by molar-refractivity contribution is 0.897. The number of pyridine rings is 2. The van der Waals surface area contributed by atoms with E-state index in [9.17, 15) is 0 Å². The smallest absolute Gasteiger partial charge is 0.165 e. The van der Waals surface area contributed by atoms with Crippen LogP contribution in [0.3, 0.4) is 0 Å². The molecule has 4 nitrogen and oxygen atoms in total. The van der Waals surface area contributed by atoms with Crippen molar-refractivity contribution in [3.8, 4) is 5.82 Å². The number of hydrogen-bond donors (Lipinski definition) is 0. The van der Waals surface area contributed by atoms with Crippen LogP contribution in [-0.2, 0) is 6.42 Å². The molecule has 0 saturated carbocycles. The highest BCUT2D eigenvalue weighted by atomic mass is 15.2. The maximum atomic E-state index is 4.74. The largest absolute Gasteiger partial charge is 0.264 e. The first-order valence-electron chi connectivity index (χ1n) is 7.19. The highest BCUT2D eigenvalue weighted by molar-refractivity contribution is 5.73. The third-order valence-corrected chi connectivity index (χ3v) is 3.57. The second kappa shape index (κ2) is 5.41. The van der Waals surface area contributed by atoms with E-state index in [0.29, 0.717) is 0 Å². The van der Waals surface area contributed by atoms with Crippen LogP contribution < -0.4 is 0 Å². The van der Waals surface area contributed by atoms with E-state index < -0.39 is 0 Å². The van der Waals surface area contributed by atoms with Gasteiger partial charge in [0.05, 0.1) is 0 Å². The van der Waals surface area contributed by atoms with E-state index in [0.717, 1.165) is 29.2 Å². The minimum atomic E-state index is 0.744. The van der Waals surface area contributed by atoms with E-state index in [1.54, 1.807) is 12.4 Å². The average Bonchev–Trinajstić information content (AvgIpc) is 2.94. The van der Waals surface area contributed by atoms with Crippen LogP contribution in [0.4, 0.5) is 0 Å². The molecule has 0 aliphatic heterocycles. The summed E-state index contributed by atoms with van der Waals surface area (Å²) in [5.41, 5.74) is 2.95. The zero-order chi connectivity index (χ0) is 14.8. The molecule has 0 aliphatic rings. The summed E-state index contributed by atoms with van der Waals surface area (Å²) in [6.07, 6.45) is 4.32. The third kappa shape index (κ3) is 2.24. The minimum Gasteiger partial charge on any atom is -0.264 e. The number of aromatic nitrogens is 4. The second-order valence-corrected chi connectivity index (χ2v) is 5.06. The van der Waals surface area contributed by atoms with Gasteiger partial charge in [-0.15, -0.1) is 0 Å². The highest BCUT2D eigenvalue weighted by Gasteiger charge is 2.14. The average molecular weight is 286 g/mol. The van der Waals surface area contributed by atoms with Crippen molar-refractivity contribution in [2.24, 2.45) is 0 Å². The Morgan fingerprint density at radius 2 is 1.59 bits per heavy atom. The number of nitrogens with zero attached hydrogens (tertiary/aromatic N) is 4. The standard InChI is InChI=1S/C18H14N4/c1-2-7-14(8-3-1)13-17-21-15-9-6-12-20-18(15)22(17)16-10-4-5-11-19-16/h1-12H,13H2. The maximum Gasteiger partial charge on any atom is 0.165 e. The first-order chi connectivity index (χ1) is 10.9. The van der Waals surface area contributed by atoms with Crippen molar-refractivity contribution in [3.05, 3.63) is 84.4 Å². The van der Waals surface area contributed by atoms with Crippen molar-refractivity contribution in [2.45, 2.75) is 6.42 Å². The molecular weight excluding hydrogens is 272 g/mol. The van der Waals surface area contributed by atoms with Crippen LogP contribution in [0.1, 0.15) is 11.4 Å². The summed E-state index contributed by atoms with van der Waals surface area (Å²) >= 11 is 0. The van der Waals surface area contributed by atoms with Crippen molar-refractivity contribution >= 4 is 11.2 Å². The van der Waals surface area contributed by atoms with E-state index in [2.05, 4.69) is 22.1 Å². The van der Waals surface area contributed by atoms with E-state index in [4.69, 9.17) is 4.98 Å². The Labute approximate surface area is 128 Å². The number of fused-ring (bicyclic) bond motifs is 1. The minimum absolute atomic E-state index is 0.744. The van der Waals surface area contributed by atoms with Crippen LogP contribution in [0.2, 0.25) is 0 Å². The van der Waals surface area contributed by atoms with Gasteiger partial charge in [-0.1, -0.05) is 36.4 Å². The summed E-state index contributed by atoms with van der Waals surface area (Å²) in [5.74, 6) is 1.79. The van der Waals surface area contributed by atoms with E-state index in [-0.39, 0.29) is 0 Å². The topological polar surface area (TPSA) is 43.6 Å². The molecule has 3 aromatic heterocycles. The van der Waals surface area contributed by atoms with Gasteiger partial charge in [0.2, 0.25) is 0 Å². The quantitative estimate of drug-likeness (QED) is 0.579.